The molecule has 0 radical (unpaired) electrons. The van der Waals surface area contributed by atoms with E-state index in [1.807, 2.05) is 35.3 Å². The summed E-state index contributed by atoms with van der Waals surface area (Å²) in [5.74, 6) is -0.134. The predicted octanol–water partition coefficient (Wildman–Crippen LogP) is 1.56. The lowest BCUT2D eigenvalue weighted by Gasteiger charge is -2.35. The van der Waals surface area contributed by atoms with Gasteiger partial charge in [-0.2, -0.15) is 5.10 Å². The van der Waals surface area contributed by atoms with Crippen LogP contribution in [0.1, 0.15) is 12.5 Å². The SMILES string of the molecule is CCn1cc(CN2CCN3C(=O)N(c4ccccc4)C(=O)[C@@H]3C2)cn1. The molecule has 7 nitrogen and oxygen atoms in total. The summed E-state index contributed by atoms with van der Waals surface area (Å²) < 4.78 is 1.90. The van der Waals surface area contributed by atoms with Crippen LogP contribution in [-0.2, 0) is 17.9 Å². The van der Waals surface area contributed by atoms with Crippen LogP contribution in [0.4, 0.5) is 10.5 Å². The number of urea groups is 1. The molecule has 130 valence electrons. The summed E-state index contributed by atoms with van der Waals surface area (Å²) in [6.45, 7) is 5.53. The van der Waals surface area contributed by atoms with Gasteiger partial charge in [-0.25, -0.2) is 9.69 Å². The molecule has 2 aliphatic rings. The Morgan fingerprint density at radius 2 is 1.96 bits per heavy atom. The molecule has 3 amide bonds. The minimum atomic E-state index is -0.400. The number of rotatable bonds is 4. The fourth-order valence-corrected chi connectivity index (χ4v) is 3.53. The highest BCUT2D eigenvalue weighted by Gasteiger charge is 2.48. The Morgan fingerprint density at radius 3 is 2.68 bits per heavy atom. The first-order valence-electron chi connectivity index (χ1n) is 8.60. The van der Waals surface area contributed by atoms with Crippen LogP contribution in [0.2, 0.25) is 0 Å². The van der Waals surface area contributed by atoms with E-state index in [9.17, 15) is 9.59 Å². The van der Waals surface area contributed by atoms with E-state index in [1.54, 1.807) is 17.0 Å². The van der Waals surface area contributed by atoms with Gasteiger partial charge >= 0.3 is 6.03 Å². The minimum absolute atomic E-state index is 0.134. The number of hydrogen-bond donors (Lipinski definition) is 0. The molecule has 0 bridgehead atoms. The summed E-state index contributed by atoms with van der Waals surface area (Å²) in [4.78, 5) is 30.7. The van der Waals surface area contributed by atoms with Crippen LogP contribution in [0.25, 0.3) is 0 Å². The second-order valence-electron chi connectivity index (χ2n) is 6.44. The maximum Gasteiger partial charge on any atom is 0.332 e. The highest BCUT2D eigenvalue weighted by Crippen LogP contribution is 2.27. The highest BCUT2D eigenvalue weighted by atomic mass is 16.2. The number of amides is 3. The topological polar surface area (TPSA) is 61.7 Å². The van der Waals surface area contributed by atoms with Crippen molar-refractivity contribution in [3.8, 4) is 0 Å². The normalized spacial score (nSPS) is 21.1. The molecule has 0 unspecified atom stereocenters. The van der Waals surface area contributed by atoms with Gasteiger partial charge in [0.1, 0.15) is 6.04 Å². The molecule has 1 aromatic heterocycles. The molecule has 0 N–H and O–H groups in total. The van der Waals surface area contributed by atoms with Crippen molar-refractivity contribution in [2.24, 2.45) is 0 Å². The molecule has 4 rings (SSSR count). The molecule has 0 aliphatic carbocycles. The lowest BCUT2D eigenvalue weighted by atomic mass is 10.1. The van der Waals surface area contributed by atoms with E-state index in [1.165, 1.54) is 4.90 Å². The zero-order chi connectivity index (χ0) is 17.4. The third-order valence-corrected chi connectivity index (χ3v) is 4.84. The Balaban J connectivity index is 1.49. The van der Waals surface area contributed by atoms with Gasteiger partial charge in [0.05, 0.1) is 11.9 Å². The zero-order valence-electron chi connectivity index (χ0n) is 14.2. The van der Waals surface area contributed by atoms with Crippen molar-refractivity contribution in [1.29, 1.82) is 0 Å². The summed E-state index contributed by atoms with van der Waals surface area (Å²) in [6, 6.07) is 8.54. The molecule has 2 saturated heterocycles. The number of aromatic nitrogens is 2. The second kappa shape index (κ2) is 6.33. The average molecular weight is 339 g/mol. The third-order valence-electron chi connectivity index (χ3n) is 4.84. The molecule has 3 heterocycles. The Hall–Kier alpha value is -2.67. The van der Waals surface area contributed by atoms with Crippen molar-refractivity contribution in [3.05, 3.63) is 48.3 Å². The van der Waals surface area contributed by atoms with Crippen molar-refractivity contribution < 1.29 is 9.59 Å². The first-order valence-corrected chi connectivity index (χ1v) is 8.60. The van der Waals surface area contributed by atoms with Crippen LogP contribution in [0, 0.1) is 0 Å². The van der Waals surface area contributed by atoms with Crippen LogP contribution in [0.5, 0.6) is 0 Å². The number of anilines is 1. The van der Waals surface area contributed by atoms with Gasteiger partial charge in [-0.15, -0.1) is 0 Å². The number of nitrogens with zero attached hydrogens (tertiary/aromatic N) is 5. The van der Waals surface area contributed by atoms with Gasteiger partial charge in [-0.3, -0.25) is 14.4 Å². The van der Waals surface area contributed by atoms with E-state index < -0.39 is 6.04 Å². The second-order valence-corrected chi connectivity index (χ2v) is 6.44. The first-order chi connectivity index (χ1) is 12.2. The maximum atomic E-state index is 12.8. The van der Waals surface area contributed by atoms with Crippen LogP contribution in [0.15, 0.2) is 42.7 Å². The van der Waals surface area contributed by atoms with E-state index in [-0.39, 0.29) is 11.9 Å². The number of carbonyl (C=O) groups is 2. The molecule has 2 aliphatic heterocycles. The van der Waals surface area contributed by atoms with Gasteiger partial charge in [0, 0.05) is 44.5 Å². The standard InChI is InChI=1S/C18H21N5O2/c1-2-21-12-14(10-19-21)11-20-8-9-22-16(13-20)17(24)23(18(22)25)15-6-4-3-5-7-15/h3-7,10,12,16H,2,8-9,11,13H2,1H3/t16-/m0/s1. The number of para-hydroxylation sites is 1. The van der Waals surface area contributed by atoms with Crippen molar-refractivity contribution in [3.63, 3.8) is 0 Å². The summed E-state index contributed by atoms with van der Waals surface area (Å²) in [5.41, 5.74) is 1.77. The highest BCUT2D eigenvalue weighted by molar-refractivity contribution is 6.21. The number of hydrogen-bond acceptors (Lipinski definition) is 4. The van der Waals surface area contributed by atoms with Gasteiger partial charge in [0.25, 0.3) is 5.91 Å². The Labute approximate surface area is 146 Å². The number of aryl methyl sites for hydroxylation is 1. The van der Waals surface area contributed by atoms with Gasteiger partial charge in [-0.1, -0.05) is 18.2 Å². The molecular weight excluding hydrogens is 318 g/mol. The van der Waals surface area contributed by atoms with Crippen LogP contribution < -0.4 is 4.90 Å². The summed E-state index contributed by atoms with van der Waals surface area (Å²) in [6.07, 6.45) is 3.90. The molecule has 25 heavy (non-hydrogen) atoms. The minimum Gasteiger partial charge on any atom is -0.309 e. The lowest BCUT2D eigenvalue weighted by molar-refractivity contribution is -0.121. The fourth-order valence-electron chi connectivity index (χ4n) is 3.53. The van der Waals surface area contributed by atoms with E-state index in [4.69, 9.17) is 0 Å². The molecular formula is C18H21N5O2. The van der Waals surface area contributed by atoms with Crippen molar-refractivity contribution >= 4 is 17.6 Å². The average Bonchev–Trinajstić information content (AvgIpc) is 3.19. The number of fused-ring (bicyclic) bond motifs is 1. The first kappa shape index (κ1) is 15.8. The van der Waals surface area contributed by atoms with E-state index in [0.29, 0.717) is 18.8 Å². The van der Waals surface area contributed by atoms with Gasteiger partial charge in [-0.05, 0) is 19.1 Å². The molecule has 2 aromatic rings. The largest absolute Gasteiger partial charge is 0.332 e. The lowest BCUT2D eigenvalue weighted by Crippen LogP contribution is -2.52. The number of carbonyl (C=O) groups excluding carboxylic acids is 2. The molecule has 0 saturated carbocycles. The van der Waals surface area contributed by atoms with Crippen LogP contribution >= 0.6 is 0 Å². The molecule has 0 spiro atoms. The van der Waals surface area contributed by atoms with E-state index in [0.717, 1.165) is 25.2 Å². The third kappa shape index (κ3) is 2.80. The van der Waals surface area contributed by atoms with Gasteiger partial charge in [0.15, 0.2) is 0 Å². The van der Waals surface area contributed by atoms with Crippen LogP contribution in [-0.4, -0.2) is 57.2 Å². The monoisotopic (exact) mass is 339 g/mol. The van der Waals surface area contributed by atoms with E-state index in [2.05, 4.69) is 16.9 Å². The van der Waals surface area contributed by atoms with Gasteiger partial charge < -0.3 is 4.90 Å². The summed E-state index contributed by atoms with van der Waals surface area (Å²) in [7, 11) is 0. The smallest absolute Gasteiger partial charge is 0.309 e. The number of piperazine rings is 1. The maximum absolute atomic E-state index is 12.8. The fraction of sp³-hybridized carbons (Fsp3) is 0.389. The Morgan fingerprint density at radius 1 is 1.16 bits per heavy atom. The number of benzene rings is 1. The van der Waals surface area contributed by atoms with E-state index >= 15 is 0 Å². The summed E-state index contributed by atoms with van der Waals surface area (Å²) >= 11 is 0. The molecule has 1 atom stereocenters. The van der Waals surface area contributed by atoms with Crippen molar-refractivity contribution in [2.75, 3.05) is 24.5 Å². The van der Waals surface area contributed by atoms with Crippen molar-refractivity contribution in [2.45, 2.75) is 26.1 Å². The molecule has 1 aromatic carbocycles. The predicted molar refractivity (Wildman–Crippen MR) is 93.0 cm³/mol. The van der Waals surface area contributed by atoms with Crippen LogP contribution in [0.3, 0.4) is 0 Å². The Kier molecular flexibility index (Phi) is 4.01. The Bertz CT molecular complexity index is 788. The summed E-state index contributed by atoms with van der Waals surface area (Å²) in [5, 5.41) is 4.30. The molecule has 7 heteroatoms. The number of imide groups is 1. The van der Waals surface area contributed by atoms with Gasteiger partial charge in [0.2, 0.25) is 0 Å². The van der Waals surface area contributed by atoms with Crippen molar-refractivity contribution in [1.82, 2.24) is 19.6 Å². The zero-order valence-corrected chi connectivity index (χ0v) is 14.2. The quantitative estimate of drug-likeness (QED) is 0.793. The molecule has 2 fully saturated rings.